The molecule has 0 fully saturated rings. The number of amides is 3. The molecule has 3 aromatic carbocycles. The van der Waals surface area contributed by atoms with Gasteiger partial charge in [0.25, 0.3) is 17.7 Å². The van der Waals surface area contributed by atoms with Crippen LogP contribution in [-0.4, -0.2) is 72.9 Å². The minimum Gasteiger partial charge on any atom is -0.480 e. The fourth-order valence-electron chi connectivity index (χ4n) is 4.04. The molecule has 6 N–H and O–H groups in total. The van der Waals surface area contributed by atoms with Crippen molar-refractivity contribution in [2.75, 3.05) is 31.5 Å². The van der Waals surface area contributed by atoms with Crippen LogP contribution in [0.1, 0.15) is 20.7 Å². The number of hydrogen-bond donors (Lipinski definition) is 6. The number of aliphatic carboxylic acids is 1. The number of benzene rings is 3. The SMILES string of the molecule is O=C(CNC(=O)c1cccc(NC2=NCC(F)(F)CN2)c1)NC[C@H](NC(=O)c1c(Cl)cc(-c2ccccc2)cc1Cl)C(=O)O. The molecule has 0 aliphatic carbocycles. The Hall–Kier alpha value is -4.75. The summed E-state index contributed by atoms with van der Waals surface area (Å²) >= 11 is 12.6. The Morgan fingerprint density at radius 2 is 1.64 bits per heavy atom. The third kappa shape index (κ3) is 8.64. The molecule has 44 heavy (non-hydrogen) atoms. The standard InChI is InChI=1S/C29H26Cl2F2N6O5/c30-20-10-18(16-5-2-1-3-6-16)11-21(31)24(20)26(42)39-22(27(43)44)12-34-23(40)13-35-25(41)17-7-4-8-19(9-17)38-28-36-14-29(32,33)15-37-28/h1-11,22H,12-15H2,(H,34,40)(H,35,41)(H,39,42)(H,43,44)(H2,36,37,38)/t22-/m0/s1. The van der Waals surface area contributed by atoms with Crippen molar-refractivity contribution >= 4 is 58.5 Å². The lowest BCUT2D eigenvalue weighted by atomic mass is 10.0. The second-order valence-electron chi connectivity index (χ2n) is 9.61. The Labute approximate surface area is 260 Å². The minimum atomic E-state index is -2.94. The van der Waals surface area contributed by atoms with Gasteiger partial charge in [-0.15, -0.1) is 0 Å². The number of halogens is 4. The van der Waals surface area contributed by atoms with Crippen LogP contribution in [-0.2, 0) is 9.59 Å². The topological polar surface area (TPSA) is 161 Å². The molecule has 0 unspecified atom stereocenters. The van der Waals surface area contributed by atoms with Gasteiger partial charge in [0.05, 0.1) is 28.7 Å². The van der Waals surface area contributed by atoms with Gasteiger partial charge < -0.3 is 31.7 Å². The van der Waals surface area contributed by atoms with E-state index >= 15 is 0 Å². The number of carboxylic acids is 1. The van der Waals surface area contributed by atoms with Gasteiger partial charge in [-0.1, -0.05) is 59.6 Å². The quantitative estimate of drug-likeness (QED) is 0.197. The largest absolute Gasteiger partial charge is 0.480 e. The average Bonchev–Trinajstić information content (AvgIpc) is 2.99. The maximum atomic E-state index is 13.3. The molecule has 0 radical (unpaired) electrons. The van der Waals surface area contributed by atoms with Gasteiger partial charge in [-0.25, -0.2) is 18.6 Å². The highest BCUT2D eigenvalue weighted by Crippen LogP contribution is 2.31. The van der Waals surface area contributed by atoms with E-state index in [1.165, 1.54) is 24.3 Å². The van der Waals surface area contributed by atoms with Crippen molar-refractivity contribution < 1.29 is 33.1 Å². The molecule has 230 valence electrons. The first-order chi connectivity index (χ1) is 20.9. The Bertz CT molecular complexity index is 1580. The van der Waals surface area contributed by atoms with Crippen LogP contribution >= 0.6 is 23.2 Å². The predicted octanol–water partition coefficient (Wildman–Crippen LogP) is 3.40. The zero-order valence-electron chi connectivity index (χ0n) is 22.8. The number of nitrogens with one attached hydrogen (secondary N) is 5. The molecular formula is C29H26Cl2F2N6O5. The molecule has 1 atom stereocenters. The molecule has 0 aromatic heterocycles. The van der Waals surface area contributed by atoms with Crippen molar-refractivity contribution in [3.8, 4) is 11.1 Å². The first kappa shape index (κ1) is 32.2. The van der Waals surface area contributed by atoms with Gasteiger partial charge in [0.15, 0.2) is 5.96 Å². The van der Waals surface area contributed by atoms with Gasteiger partial charge >= 0.3 is 5.97 Å². The number of hydrogen-bond acceptors (Lipinski definition) is 7. The summed E-state index contributed by atoms with van der Waals surface area (Å²) in [4.78, 5) is 53.3. The van der Waals surface area contributed by atoms with E-state index in [0.29, 0.717) is 11.3 Å². The molecule has 1 aliphatic rings. The van der Waals surface area contributed by atoms with Crippen molar-refractivity contribution in [1.82, 2.24) is 21.3 Å². The highest BCUT2D eigenvalue weighted by Gasteiger charge is 2.32. The minimum absolute atomic E-state index is 0.00792. The Morgan fingerprint density at radius 1 is 0.932 bits per heavy atom. The van der Waals surface area contributed by atoms with Crippen LogP contribution < -0.4 is 26.6 Å². The number of guanidine groups is 1. The van der Waals surface area contributed by atoms with Gasteiger partial charge in [0.1, 0.15) is 12.6 Å². The molecule has 1 aliphatic heterocycles. The van der Waals surface area contributed by atoms with Gasteiger partial charge in [-0.05, 0) is 41.5 Å². The van der Waals surface area contributed by atoms with Crippen LogP contribution in [0, 0.1) is 0 Å². The lowest BCUT2D eigenvalue weighted by Crippen LogP contribution is -2.50. The van der Waals surface area contributed by atoms with Gasteiger partial charge in [-0.3, -0.25) is 14.4 Å². The van der Waals surface area contributed by atoms with E-state index < -0.39 is 61.8 Å². The highest BCUT2D eigenvalue weighted by atomic mass is 35.5. The van der Waals surface area contributed by atoms with Crippen LogP contribution in [0.4, 0.5) is 14.5 Å². The van der Waals surface area contributed by atoms with Crippen LogP contribution in [0.3, 0.4) is 0 Å². The van der Waals surface area contributed by atoms with Crippen molar-refractivity contribution in [3.63, 3.8) is 0 Å². The number of anilines is 1. The Kier molecular flexibility index (Phi) is 10.3. The van der Waals surface area contributed by atoms with Crippen molar-refractivity contribution in [2.24, 2.45) is 4.99 Å². The number of carbonyl (C=O) groups excluding carboxylic acids is 3. The Balaban J connectivity index is 1.29. The van der Waals surface area contributed by atoms with Gasteiger partial charge in [-0.2, -0.15) is 0 Å². The van der Waals surface area contributed by atoms with Gasteiger partial charge in [0, 0.05) is 17.8 Å². The summed E-state index contributed by atoms with van der Waals surface area (Å²) in [6, 6.07) is 16.7. The van der Waals surface area contributed by atoms with Crippen LogP contribution in [0.15, 0.2) is 71.7 Å². The first-order valence-electron chi connectivity index (χ1n) is 13.1. The van der Waals surface area contributed by atoms with E-state index in [4.69, 9.17) is 23.2 Å². The summed E-state index contributed by atoms with van der Waals surface area (Å²) in [5.74, 6) is -6.45. The van der Waals surface area contributed by atoms with E-state index in [9.17, 15) is 33.1 Å². The summed E-state index contributed by atoms with van der Waals surface area (Å²) in [7, 11) is 0. The number of alkyl halides is 2. The maximum Gasteiger partial charge on any atom is 0.328 e. The number of carbonyl (C=O) groups is 4. The van der Waals surface area contributed by atoms with Crippen LogP contribution in [0.2, 0.25) is 10.0 Å². The van der Waals surface area contributed by atoms with Crippen LogP contribution in [0.5, 0.6) is 0 Å². The zero-order chi connectivity index (χ0) is 31.9. The van der Waals surface area contributed by atoms with Crippen molar-refractivity contribution in [1.29, 1.82) is 0 Å². The van der Waals surface area contributed by atoms with E-state index in [1.807, 2.05) is 30.3 Å². The summed E-state index contributed by atoms with van der Waals surface area (Å²) in [6.07, 6.45) is 0. The molecule has 0 saturated carbocycles. The average molecular weight is 647 g/mol. The van der Waals surface area contributed by atoms with Gasteiger partial charge in [0.2, 0.25) is 5.91 Å². The van der Waals surface area contributed by atoms with E-state index in [-0.39, 0.29) is 27.1 Å². The molecule has 3 aromatic rings. The smallest absolute Gasteiger partial charge is 0.328 e. The fourth-order valence-corrected chi connectivity index (χ4v) is 4.70. The van der Waals surface area contributed by atoms with E-state index in [1.54, 1.807) is 12.1 Å². The third-order valence-electron chi connectivity index (χ3n) is 6.26. The van der Waals surface area contributed by atoms with E-state index in [0.717, 1.165) is 5.56 Å². The molecule has 1 heterocycles. The molecule has 11 nitrogen and oxygen atoms in total. The molecule has 15 heteroatoms. The summed E-state index contributed by atoms with van der Waals surface area (Å²) < 4.78 is 26.5. The molecule has 0 saturated heterocycles. The molecule has 4 rings (SSSR count). The molecule has 3 amide bonds. The fraction of sp³-hybridized carbons (Fsp3) is 0.207. The normalized spacial score (nSPS) is 14.3. The molecular weight excluding hydrogens is 621 g/mol. The third-order valence-corrected chi connectivity index (χ3v) is 6.86. The Morgan fingerprint density at radius 3 is 2.27 bits per heavy atom. The molecule has 0 bridgehead atoms. The lowest BCUT2D eigenvalue weighted by molar-refractivity contribution is -0.139. The number of aliphatic imine (C=N–C) groups is 1. The summed E-state index contributed by atoms with van der Waals surface area (Å²) in [5.41, 5.74) is 1.90. The summed E-state index contributed by atoms with van der Waals surface area (Å²) in [6.45, 7) is -2.25. The predicted molar refractivity (Wildman–Crippen MR) is 161 cm³/mol. The van der Waals surface area contributed by atoms with Crippen molar-refractivity contribution in [3.05, 3.63) is 87.9 Å². The van der Waals surface area contributed by atoms with Crippen molar-refractivity contribution in [2.45, 2.75) is 12.0 Å². The number of carboxylic acid groups (broad SMARTS) is 1. The highest BCUT2D eigenvalue weighted by molar-refractivity contribution is 6.40. The second kappa shape index (κ2) is 14.1. The summed E-state index contributed by atoms with van der Waals surface area (Å²) in [5, 5.41) is 21.9. The molecule has 0 spiro atoms. The van der Waals surface area contributed by atoms with E-state index in [2.05, 4.69) is 31.6 Å². The lowest BCUT2D eigenvalue weighted by Gasteiger charge is -2.23. The maximum absolute atomic E-state index is 13.3. The second-order valence-corrected chi connectivity index (χ2v) is 10.4. The number of nitrogens with zero attached hydrogens (tertiary/aromatic N) is 1. The number of rotatable bonds is 10. The first-order valence-corrected chi connectivity index (χ1v) is 13.8. The van der Waals surface area contributed by atoms with Crippen LogP contribution in [0.25, 0.3) is 11.1 Å². The monoisotopic (exact) mass is 646 g/mol. The zero-order valence-corrected chi connectivity index (χ0v) is 24.3.